The van der Waals surface area contributed by atoms with Crippen molar-refractivity contribution in [3.63, 3.8) is 0 Å². The molecule has 1 fully saturated rings. The topological polar surface area (TPSA) is 47.6 Å². The predicted octanol–water partition coefficient (Wildman–Crippen LogP) is 5.34. The minimum absolute atomic E-state index is 0.0412. The lowest BCUT2D eigenvalue weighted by atomic mass is 9.78. The maximum absolute atomic E-state index is 12.4. The Bertz CT molecular complexity index is 547. The summed E-state index contributed by atoms with van der Waals surface area (Å²) in [5.74, 6) is 0.0582. The molecule has 6 heteroatoms. The minimum Gasteiger partial charge on any atom is -0.416 e. The van der Waals surface area contributed by atoms with Crippen molar-refractivity contribution in [2.45, 2.75) is 96.9 Å². The molecule has 0 aliphatic carbocycles. The Morgan fingerprint density at radius 1 is 1.07 bits per heavy atom. The van der Waals surface area contributed by atoms with Crippen LogP contribution >= 0.6 is 0 Å². The lowest BCUT2D eigenvalue weighted by Gasteiger charge is -2.48. The largest absolute Gasteiger partial charge is 0.416 e. The van der Waals surface area contributed by atoms with Crippen molar-refractivity contribution >= 4 is 22.5 Å². The number of amides is 1. The Morgan fingerprint density at radius 3 is 1.93 bits per heavy atom. The van der Waals surface area contributed by atoms with Crippen LogP contribution in [0.25, 0.3) is 0 Å². The Balaban J connectivity index is 2.83. The third-order valence-electron chi connectivity index (χ3n) is 7.00. The van der Waals surface area contributed by atoms with Gasteiger partial charge < -0.3 is 14.2 Å². The monoisotopic (exact) mass is 413 g/mol. The SMILES string of the molecule is C=C[C@@H](CO[Si](C)(C)C(C)(C)C)[C@H]1NC(=O)[C@@H]1[C@@H](C)O[Si](C)(C)C(C)(C)C. The molecule has 4 atom stereocenters. The smallest absolute Gasteiger partial charge is 0.228 e. The summed E-state index contributed by atoms with van der Waals surface area (Å²) in [6, 6.07) is 0.0412. The molecule has 0 radical (unpaired) electrons. The van der Waals surface area contributed by atoms with Crippen LogP contribution in [0.15, 0.2) is 12.7 Å². The third kappa shape index (κ3) is 5.55. The van der Waals surface area contributed by atoms with Gasteiger partial charge in [-0.05, 0) is 43.2 Å². The summed E-state index contributed by atoms with van der Waals surface area (Å²) in [5.41, 5.74) is 0. The Kier molecular flexibility index (Phi) is 7.41. The average Bonchev–Trinajstić information content (AvgIpc) is 2.43. The average molecular weight is 414 g/mol. The van der Waals surface area contributed by atoms with E-state index in [0.717, 1.165) is 0 Å². The molecule has 0 aromatic carbocycles. The van der Waals surface area contributed by atoms with Crippen LogP contribution in [0.5, 0.6) is 0 Å². The van der Waals surface area contributed by atoms with Crippen LogP contribution in [0.4, 0.5) is 0 Å². The second kappa shape index (κ2) is 8.13. The van der Waals surface area contributed by atoms with Gasteiger partial charge in [0.15, 0.2) is 16.6 Å². The molecule has 1 N–H and O–H groups in total. The summed E-state index contributed by atoms with van der Waals surface area (Å²) in [5, 5.41) is 3.38. The highest BCUT2D eigenvalue weighted by Crippen LogP contribution is 2.40. The van der Waals surface area contributed by atoms with Gasteiger partial charge in [0.05, 0.1) is 18.1 Å². The zero-order chi connectivity index (χ0) is 21.4. The number of rotatable bonds is 8. The maximum atomic E-state index is 12.4. The standard InChI is InChI=1S/C21H43NO3Si2/c1-13-16(14-24-26(9,10)20(3,4)5)18-17(19(23)22-18)15(2)25-27(11,12)21(6,7)8/h13,15-18H,1,14H2,2-12H3,(H,22,23)/t15-,16+,17-,18-/m1/s1. The number of β-lactam (4-membered cyclic amide) rings is 1. The Hall–Kier alpha value is -0.436. The molecule has 1 rings (SSSR count). The van der Waals surface area contributed by atoms with Gasteiger partial charge in [-0.3, -0.25) is 4.79 Å². The van der Waals surface area contributed by atoms with Gasteiger partial charge in [0.2, 0.25) is 5.91 Å². The van der Waals surface area contributed by atoms with E-state index in [1.165, 1.54) is 0 Å². The van der Waals surface area contributed by atoms with Crippen LogP contribution in [0.3, 0.4) is 0 Å². The molecule has 4 nitrogen and oxygen atoms in total. The van der Waals surface area contributed by atoms with Gasteiger partial charge in [-0.2, -0.15) is 0 Å². The summed E-state index contributed by atoms with van der Waals surface area (Å²) in [6.07, 6.45) is 1.84. The fourth-order valence-electron chi connectivity index (χ4n) is 2.85. The summed E-state index contributed by atoms with van der Waals surface area (Å²) >= 11 is 0. The van der Waals surface area contributed by atoms with Gasteiger partial charge in [0.1, 0.15) is 0 Å². The van der Waals surface area contributed by atoms with E-state index < -0.39 is 16.6 Å². The molecule has 158 valence electrons. The molecule has 0 aromatic rings. The van der Waals surface area contributed by atoms with Crippen molar-refractivity contribution < 1.29 is 13.6 Å². The minimum atomic E-state index is -1.92. The fourth-order valence-corrected chi connectivity index (χ4v) is 5.32. The van der Waals surface area contributed by atoms with Crippen molar-refractivity contribution in [2.75, 3.05) is 6.61 Å². The lowest BCUT2D eigenvalue weighted by Crippen LogP contribution is -2.66. The van der Waals surface area contributed by atoms with Gasteiger partial charge in [0, 0.05) is 12.5 Å². The van der Waals surface area contributed by atoms with Crippen LogP contribution in [0.2, 0.25) is 36.3 Å². The first-order chi connectivity index (χ1) is 11.9. The Labute approximate surface area is 169 Å². The maximum Gasteiger partial charge on any atom is 0.228 e. The lowest BCUT2D eigenvalue weighted by molar-refractivity contribution is -0.141. The number of nitrogens with one attached hydrogen (secondary N) is 1. The molecule has 1 amide bonds. The van der Waals surface area contributed by atoms with Crippen molar-refractivity contribution in [3.8, 4) is 0 Å². The van der Waals surface area contributed by atoms with E-state index in [4.69, 9.17) is 8.85 Å². The summed E-state index contributed by atoms with van der Waals surface area (Å²) in [6.45, 7) is 29.1. The van der Waals surface area contributed by atoms with Crippen LogP contribution in [-0.4, -0.2) is 41.3 Å². The normalized spacial score (nSPS) is 24.0. The second-order valence-corrected chi connectivity index (χ2v) is 20.7. The van der Waals surface area contributed by atoms with Crippen LogP contribution in [-0.2, 0) is 13.6 Å². The molecule has 0 aromatic heterocycles. The highest BCUT2D eigenvalue weighted by Gasteiger charge is 2.50. The predicted molar refractivity (Wildman–Crippen MR) is 120 cm³/mol. The molecule has 0 unspecified atom stereocenters. The van der Waals surface area contributed by atoms with Gasteiger partial charge in [0.25, 0.3) is 0 Å². The number of hydrogen-bond acceptors (Lipinski definition) is 3. The first-order valence-corrected chi connectivity index (χ1v) is 16.0. The van der Waals surface area contributed by atoms with E-state index in [1.807, 2.05) is 13.0 Å². The summed E-state index contributed by atoms with van der Waals surface area (Å²) in [7, 11) is -3.75. The van der Waals surface area contributed by atoms with Crippen molar-refractivity contribution in [1.82, 2.24) is 5.32 Å². The number of hydrogen-bond donors (Lipinski definition) is 1. The molecule has 1 heterocycles. The van der Waals surface area contributed by atoms with E-state index >= 15 is 0 Å². The Morgan fingerprint density at radius 2 is 1.56 bits per heavy atom. The van der Waals surface area contributed by atoms with E-state index in [1.54, 1.807) is 0 Å². The molecule has 1 aliphatic rings. The molecule has 1 aliphatic heterocycles. The zero-order valence-electron chi connectivity index (χ0n) is 19.5. The summed E-state index contributed by atoms with van der Waals surface area (Å²) in [4.78, 5) is 12.4. The first-order valence-electron chi connectivity index (χ1n) is 10.2. The first kappa shape index (κ1) is 24.6. The van der Waals surface area contributed by atoms with Crippen molar-refractivity contribution in [1.29, 1.82) is 0 Å². The third-order valence-corrected chi connectivity index (χ3v) is 16.1. The highest BCUT2D eigenvalue weighted by atomic mass is 28.4. The van der Waals surface area contributed by atoms with E-state index in [-0.39, 0.29) is 40.0 Å². The molecular weight excluding hydrogens is 370 g/mol. The van der Waals surface area contributed by atoms with Gasteiger partial charge in [-0.25, -0.2) is 0 Å². The van der Waals surface area contributed by atoms with E-state index in [0.29, 0.717) is 6.61 Å². The van der Waals surface area contributed by atoms with Crippen molar-refractivity contribution in [2.24, 2.45) is 11.8 Å². The van der Waals surface area contributed by atoms with E-state index in [9.17, 15) is 4.79 Å². The highest BCUT2D eigenvalue weighted by molar-refractivity contribution is 6.74. The quantitative estimate of drug-likeness (QED) is 0.332. The molecule has 0 bridgehead atoms. The molecule has 0 spiro atoms. The van der Waals surface area contributed by atoms with Crippen LogP contribution in [0, 0.1) is 11.8 Å². The number of carbonyl (C=O) groups is 1. The second-order valence-electron chi connectivity index (χ2n) is 11.1. The van der Waals surface area contributed by atoms with Gasteiger partial charge in [-0.15, -0.1) is 6.58 Å². The molecular formula is C21H43NO3Si2. The number of carbonyl (C=O) groups excluding carboxylic acids is 1. The fraction of sp³-hybridized carbons (Fsp3) is 0.857. The molecule has 27 heavy (non-hydrogen) atoms. The van der Waals surface area contributed by atoms with Gasteiger partial charge >= 0.3 is 0 Å². The van der Waals surface area contributed by atoms with Crippen molar-refractivity contribution in [3.05, 3.63) is 12.7 Å². The molecule has 1 saturated heterocycles. The summed E-state index contributed by atoms with van der Waals surface area (Å²) < 4.78 is 12.9. The van der Waals surface area contributed by atoms with Crippen LogP contribution < -0.4 is 5.32 Å². The van der Waals surface area contributed by atoms with Crippen LogP contribution in [0.1, 0.15) is 48.5 Å². The molecule has 0 saturated carbocycles. The van der Waals surface area contributed by atoms with Gasteiger partial charge in [-0.1, -0.05) is 47.6 Å². The van der Waals surface area contributed by atoms with E-state index in [2.05, 4.69) is 79.6 Å². The zero-order valence-corrected chi connectivity index (χ0v) is 21.5.